The quantitative estimate of drug-likeness (QED) is 0.119. The molecule has 2 amide bonds. The molecule has 4 aromatic rings. The third-order valence-electron chi connectivity index (χ3n) is 13.3. The van der Waals surface area contributed by atoms with Crippen molar-refractivity contribution in [2.24, 2.45) is 11.8 Å². The van der Waals surface area contributed by atoms with Gasteiger partial charge in [0.05, 0.1) is 32.0 Å². The summed E-state index contributed by atoms with van der Waals surface area (Å²) in [5, 5.41) is 18.0. The van der Waals surface area contributed by atoms with Crippen LogP contribution in [0.2, 0.25) is 0 Å². The van der Waals surface area contributed by atoms with Crippen LogP contribution in [0.5, 0.6) is 23.0 Å². The summed E-state index contributed by atoms with van der Waals surface area (Å²) in [6, 6.07) is 11.6. The van der Waals surface area contributed by atoms with Gasteiger partial charge in [0.15, 0.2) is 0 Å². The van der Waals surface area contributed by atoms with Crippen LogP contribution >= 0.6 is 0 Å². The minimum Gasteiger partial charge on any atom is -0.508 e. The lowest BCUT2D eigenvalue weighted by Gasteiger charge is -2.32. The van der Waals surface area contributed by atoms with E-state index in [-0.39, 0.29) is 40.5 Å². The first-order valence-corrected chi connectivity index (χ1v) is 23.2. The summed E-state index contributed by atoms with van der Waals surface area (Å²) in [4.78, 5) is 37.1. The van der Waals surface area contributed by atoms with Crippen molar-refractivity contribution >= 4 is 23.5 Å². The first-order chi connectivity index (χ1) is 31.5. The summed E-state index contributed by atoms with van der Waals surface area (Å²) in [6.45, 7) is 3.16. The van der Waals surface area contributed by atoms with Crippen molar-refractivity contribution < 1.29 is 42.8 Å². The van der Waals surface area contributed by atoms with Gasteiger partial charge >= 0.3 is 0 Å². The predicted molar refractivity (Wildman–Crippen MR) is 246 cm³/mol. The van der Waals surface area contributed by atoms with E-state index in [4.69, 9.17) is 30.8 Å². The second-order valence-corrected chi connectivity index (χ2v) is 17.6. The summed E-state index contributed by atoms with van der Waals surface area (Å²) < 4.78 is 45.3. The zero-order valence-corrected chi connectivity index (χ0v) is 37.9. The molecule has 2 aromatic carbocycles. The smallest absolute Gasteiger partial charge is 0.256 e. The molecule has 0 bridgehead atoms. The van der Waals surface area contributed by atoms with Crippen LogP contribution in [-0.2, 0) is 0 Å². The number of likely N-dealkylation sites (tertiary alicyclic amines) is 2. The Morgan fingerprint density at radius 1 is 0.646 bits per heavy atom. The Kier molecular flexibility index (Phi) is 18.0. The number of phenols is 1. The van der Waals surface area contributed by atoms with Gasteiger partial charge in [-0.1, -0.05) is 38.5 Å². The number of carbonyl (C=O) groups excluding carboxylic acids is 2. The van der Waals surface area contributed by atoms with Crippen molar-refractivity contribution in [1.82, 2.24) is 19.8 Å². The number of piperidine rings is 2. The molecular formula is C50H66F2N6O7. The lowest BCUT2D eigenvalue weighted by atomic mass is 9.89. The largest absolute Gasteiger partial charge is 0.508 e. The molecule has 4 heterocycles. The number of benzene rings is 2. The van der Waals surface area contributed by atoms with Crippen molar-refractivity contribution in [3.8, 4) is 23.0 Å². The summed E-state index contributed by atoms with van der Waals surface area (Å²) in [6.07, 6.45) is 19.2. The van der Waals surface area contributed by atoms with Crippen LogP contribution in [-0.4, -0.2) is 95.4 Å². The van der Waals surface area contributed by atoms with Gasteiger partial charge < -0.3 is 45.7 Å². The van der Waals surface area contributed by atoms with Crippen LogP contribution in [0.15, 0.2) is 60.9 Å². The highest BCUT2D eigenvalue weighted by molar-refractivity contribution is 5.95. The molecule has 4 aliphatic rings. The maximum atomic E-state index is 14.7. The van der Waals surface area contributed by atoms with Gasteiger partial charge in [-0.2, -0.15) is 0 Å². The van der Waals surface area contributed by atoms with Gasteiger partial charge in [-0.15, -0.1) is 0 Å². The summed E-state index contributed by atoms with van der Waals surface area (Å²) in [7, 11) is 3.20. The molecule has 2 aromatic heterocycles. The number of nitrogen functional groups attached to an aromatic ring is 2. The highest BCUT2D eigenvalue weighted by atomic mass is 19.1. The third-order valence-corrected chi connectivity index (χ3v) is 13.3. The average molecular weight is 901 g/mol. The molecule has 8 rings (SSSR count). The van der Waals surface area contributed by atoms with Crippen LogP contribution < -0.4 is 25.7 Å². The molecule has 2 saturated heterocycles. The van der Waals surface area contributed by atoms with E-state index in [1.807, 2.05) is 0 Å². The van der Waals surface area contributed by atoms with Gasteiger partial charge in [0.25, 0.3) is 11.8 Å². The number of aromatic hydroxyl groups is 1. The van der Waals surface area contributed by atoms with Crippen LogP contribution in [0.4, 0.5) is 20.4 Å². The predicted octanol–water partition coefficient (Wildman–Crippen LogP) is 8.89. The van der Waals surface area contributed by atoms with Crippen molar-refractivity contribution in [1.29, 1.82) is 0 Å². The minimum absolute atomic E-state index is 0.0250. The number of hydrogen-bond donors (Lipinski definition) is 4. The number of anilines is 2. The Morgan fingerprint density at radius 3 is 1.51 bits per heavy atom. The molecule has 2 saturated carbocycles. The zero-order valence-electron chi connectivity index (χ0n) is 37.9. The van der Waals surface area contributed by atoms with Gasteiger partial charge in [0.2, 0.25) is 0 Å². The van der Waals surface area contributed by atoms with E-state index in [9.17, 15) is 23.5 Å². The standard InChI is InChI=1S/C25H32FN3O3.C18H20FN3O3.C7H14O/c1-31-23-14-24(27)28-15-21(23)18-9-11-29(12-10-18)25(30)20-8-7-19(13-22(20)26)32-16-17-5-3-2-4-6-17;1-25-16-9-17(20)21-10-14(16)11-4-6-22(7-5-11)18(24)13-3-2-12(23)8-15(13)19;8-6-7-4-2-1-3-5-7/h7-8,13-15,17-18H,2-6,9-12,16H2,1H3,(H2,27,28);2-3,8-11,23H,4-7H2,1H3,(H2,20,21);7-8H,1-6H2. The molecule has 0 spiro atoms. The van der Waals surface area contributed by atoms with Gasteiger partial charge in [-0.05, 0) is 99.3 Å². The Morgan fingerprint density at radius 2 is 1.09 bits per heavy atom. The van der Waals surface area contributed by atoms with E-state index >= 15 is 0 Å². The maximum absolute atomic E-state index is 14.7. The molecule has 352 valence electrons. The van der Waals surface area contributed by atoms with E-state index in [0.717, 1.165) is 48.6 Å². The number of nitrogens with zero attached hydrogens (tertiary/aromatic N) is 4. The molecule has 0 atom stereocenters. The average Bonchev–Trinajstić information content (AvgIpc) is 3.34. The fourth-order valence-corrected chi connectivity index (χ4v) is 9.39. The highest BCUT2D eigenvalue weighted by Crippen LogP contribution is 2.37. The monoisotopic (exact) mass is 900 g/mol. The lowest BCUT2D eigenvalue weighted by molar-refractivity contribution is 0.0699. The molecule has 13 nitrogen and oxygen atoms in total. The van der Waals surface area contributed by atoms with Crippen LogP contribution in [0.25, 0.3) is 0 Å². The first kappa shape index (κ1) is 48.7. The zero-order chi connectivity index (χ0) is 46.3. The van der Waals surface area contributed by atoms with Crippen LogP contribution in [0, 0.1) is 23.5 Å². The molecule has 2 aliphatic heterocycles. The number of rotatable bonds is 10. The number of phenolic OH excluding ortho intramolecular Hbond substituents is 1. The van der Waals surface area contributed by atoms with Crippen molar-refractivity contribution in [3.05, 3.63) is 94.8 Å². The number of hydrogen-bond acceptors (Lipinski definition) is 11. The Labute approximate surface area is 381 Å². The van der Waals surface area contributed by atoms with E-state index in [1.54, 1.807) is 60.7 Å². The Hall–Kier alpha value is -5.70. The number of carbonyl (C=O) groups is 2. The van der Waals surface area contributed by atoms with Gasteiger partial charge in [-0.25, -0.2) is 18.7 Å². The molecule has 0 unspecified atom stereocenters. The van der Waals surface area contributed by atoms with E-state index in [1.165, 1.54) is 82.4 Å². The molecule has 2 aliphatic carbocycles. The number of amides is 2. The third kappa shape index (κ3) is 13.4. The number of nitrogens with two attached hydrogens (primary N) is 2. The van der Waals surface area contributed by atoms with Gasteiger partial charge in [-0.3, -0.25) is 9.59 Å². The normalized spacial score (nSPS) is 17.6. The summed E-state index contributed by atoms with van der Waals surface area (Å²) in [5.74, 6) is 2.27. The lowest BCUT2D eigenvalue weighted by Crippen LogP contribution is -2.38. The molecule has 4 fully saturated rings. The number of halogens is 2. The second-order valence-electron chi connectivity index (χ2n) is 17.6. The van der Waals surface area contributed by atoms with Crippen LogP contribution in [0.3, 0.4) is 0 Å². The highest BCUT2D eigenvalue weighted by Gasteiger charge is 2.30. The van der Waals surface area contributed by atoms with Gasteiger partial charge in [0, 0.05) is 80.6 Å². The SMILES string of the molecule is COc1cc(N)ncc1C1CCN(C(=O)c2ccc(O)cc2F)CC1.COc1cc(N)ncc1C1CCN(C(=O)c2ccc(OCC3CCCCC3)cc2F)CC1.OCC1CCCCC1. The molecule has 6 N–H and O–H groups in total. The minimum atomic E-state index is -0.712. The van der Waals surface area contributed by atoms with Crippen molar-refractivity contribution in [2.75, 3.05) is 65.1 Å². The fourth-order valence-electron chi connectivity index (χ4n) is 9.39. The first-order valence-electron chi connectivity index (χ1n) is 23.2. The summed E-state index contributed by atoms with van der Waals surface area (Å²) >= 11 is 0. The number of methoxy groups -OCH3 is 2. The number of aliphatic hydroxyl groups is 1. The molecule has 0 radical (unpaired) electrons. The Bertz CT molecular complexity index is 2170. The molecule has 15 heteroatoms. The van der Waals surface area contributed by atoms with E-state index in [0.29, 0.717) is 74.4 Å². The molecular weight excluding hydrogens is 835 g/mol. The van der Waals surface area contributed by atoms with Crippen molar-refractivity contribution in [2.45, 2.75) is 102 Å². The number of ether oxygens (including phenoxy) is 3. The maximum Gasteiger partial charge on any atom is 0.256 e. The van der Waals surface area contributed by atoms with Crippen molar-refractivity contribution in [3.63, 3.8) is 0 Å². The Balaban J connectivity index is 0.000000188. The number of aromatic nitrogens is 2. The van der Waals surface area contributed by atoms with E-state index in [2.05, 4.69) is 9.97 Å². The number of pyridine rings is 2. The second kappa shape index (κ2) is 24.0. The topological polar surface area (TPSA) is 187 Å². The number of aliphatic hydroxyl groups excluding tert-OH is 1. The molecule has 65 heavy (non-hydrogen) atoms. The fraction of sp³-hybridized carbons (Fsp3) is 0.520. The van der Waals surface area contributed by atoms with Gasteiger partial charge in [0.1, 0.15) is 46.3 Å². The summed E-state index contributed by atoms with van der Waals surface area (Å²) in [5.41, 5.74) is 13.5. The van der Waals surface area contributed by atoms with Crippen LogP contribution in [0.1, 0.15) is 134 Å². The van der Waals surface area contributed by atoms with E-state index < -0.39 is 11.6 Å².